The van der Waals surface area contributed by atoms with Crippen molar-refractivity contribution < 1.29 is 4.79 Å². The number of amides is 1. The average Bonchev–Trinajstić information content (AvgIpc) is 3.14. The predicted molar refractivity (Wildman–Crippen MR) is 104 cm³/mol. The molecular formula is C19H21N5OS. The zero-order valence-electron chi connectivity index (χ0n) is 14.7. The predicted octanol–water partition coefficient (Wildman–Crippen LogP) is 3.32. The SMILES string of the molecule is Cc1cc(N2CCCCC2)nc(CNC(=O)c2ccc3ncsc3c2)n1. The Morgan fingerprint density at radius 1 is 1.19 bits per heavy atom. The molecule has 26 heavy (non-hydrogen) atoms. The van der Waals surface area contributed by atoms with Gasteiger partial charge in [0.25, 0.3) is 5.91 Å². The fourth-order valence-electron chi connectivity index (χ4n) is 3.23. The number of fused-ring (bicyclic) bond motifs is 1. The molecule has 7 heteroatoms. The molecule has 0 atom stereocenters. The highest BCUT2D eigenvalue weighted by Crippen LogP contribution is 2.20. The molecule has 1 fully saturated rings. The van der Waals surface area contributed by atoms with Crippen molar-refractivity contribution in [2.45, 2.75) is 32.7 Å². The number of aromatic nitrogens is 3. The van der Waals surface area contributed by atoms with E-state index in [1.165, 1.54) is 30.6 Å². The maximum Gasteiger partial charge on any atom is 0.251 e. The minimum Gasteiger partial charge on any atom is -0.357 e. The Kier molecular flexibility index (Phi) is 4.79. The minimum absolute atomic E-state index is 0.120. The molecule has 0 aliphatic carbocycles. The lowest BCUT2D eigenvalue weighted by Crippen LogP contribution is -2.31. The number of nitrogens with one attached hydrogen (secondary N) is 1. The minimum atomic E-state index is -0.120. The summed E-state index contributed by atoms with van der Waals surface area (Å²) < 4.78 is 1.01. The molecule has 3 heterocycles. The Bertz CT molecular complexity index is 933. The molecule has 1 N–H and O–H groups in total. The first-order chi connectivity index (χ1) is 12.7. The van der Waals surface area contributed by atoms with Crippen molar-refractivity contribution in [3.8, 4) is 0 Å². The molecule has 0 radical (unpaired) electrons. The Balaban J connectivity index is 1.46. The second kappa shape index (κ2) is 7.37. The summed E-state index contributed by atoms with van der Waals surface area (Å²) >= 11 is 1.53. The highest BCUT2D eigenvalue weighted by molar-refractivity contribution is 7.16. The van der Waals surface area contributed by atoms with Gasteiger partial charge in [0, 0.05) is 30.4 Å². The van der Waals surface area contributed by atoms with E-state index in [2.05, 4.69) is 25.2 Å². The second-order valence-corrected chi connectivity index (χ2v) is 7.44. The first-order valence-electron chi connectivity index (χ1n) is 8.90. The van der Waals surface area contributed by atoms with Crippen LogP contribution in [0.15, 0.2) is 29.8 Å². The van der Waals surface area contributed by atoms with E-state index in [0.29, 0.717) is 17.9 Å². The summed E-state index contributed by atoms with van der Waals surface area (Å²) in [7, 11) is 0. The Hall–Kier alpha value is -2.54. The number of rotatable bonds is 4. The van der Waals surface area contributed by atoms with Gasteiger partial charge in [0.1, 0.15) is 11.6 Å². The first-order valence-corrected chi connectivity index (χ1v) is 9.78. The van der Waals surface area contributed by atoms with Gasteiger partial charge in [-0.25, -0.2) is 15.0 Å². The summed E-state index contributed by atoms with van der Waals surface area (Å²) in [5.41, 5.74) is 4.26. The average molecular weight is 367 g/mol. The zero-order chi connectivity index (χ0) is 17.9. The molecule has 0 saturated carbocycles. The van der Waals surface area contributed by atoms with Crippen LogP contribution in [0.5, 0.6) is 0 Å². The number of anilines is 1. The van der Waals surface area contributed by atoms with Crippen LogP contribution in [0.25, 0.3) is 10.2 Å². The number of benzene rings is 1. The van der Waals surface area contributed by atoms with Gasteiger partial charge in [-0.3, -0.25) is 4.79 Å². The van der Waals surface area contributed by atoms with Crippen LogP contribution in [0.4, 0.5) is 5.82 Å². The van der Waals surface area contributed by atoms with Crippen LogP contribution in [0, 0.1) is 6.92 Å². The van der Waals surface area contributed by atoms with Gasteiger partial charge in [0.05, 0.1) is 22.3 Å². The molecule has 1 amide bonds. The normalized spacial score (nSPS) is 14.6. The lowest BCUT2D eigenvalue weighted by Gasteiger charge is -2.28. The van der Waals surface area contributed by atoms with Crippen molar-refractivity contribution in [2.24, 2.45) is 0 Å². The molecule has 1 aromatic carbocycles. The number of aryl methyl sites for hydroxylation is 1. The molecular weight excluding hydrogens is 346 g/mol. The van der Waals surface area contributed by atoms with E-state index in [0.717, 1.165) is 34.8 Å². The Labute approximate surface area is 156 Å². The zero-order valence-corrected chi connectivity index (χ0v) is 15.6. The van der Waals surface area contributed by atoms with E-state index >= 15 is 0 Å². The molecule has 1 aliphatic rings. The van der Waals surface area contributed by atoms with E-state index < -0.39 is 0 Å². The molecule has 0 bridgehead atoms. The van der Waals surface area contributed by atoms with Gasteiger partial charge in [-0.05, 0) is 44.4 Å². The molecule has 0 spiro atoms. The second-order valence-electron chi connectivity index (χ2n) is 6.55. The molecule has 134 valence electrons. The highest BCUT2D eigenvalue weighted by Gasteiger charge is 2.14. The van der Waals surface area contributed by atoms with Crippen molar-refractivity contribution in [3.63, 3.8) is 0 Å². The lowest BCUT2D eigenvalue weighted by atomic mass is 10.1. The van der Waals surface area contributed by atoms with Crippen LogP contribution in [0.1, 0.15) is 41.1 Å². The number of hydrogen-bond acceptors (Lipinski definition) is 6. The van der Waals surface area contributed by atoms with Gasteiger partial charge in [0.15, 0.2) is 0 Å². The molecule has 2 aromatic heterocycles. The van der Waals surface area contributed by atoms with Crippen molar-refractivity contribution in [1.82, 2.24) is 20.3 Å². The number of nitrogens with zero attached hydrogens (tertiary/aromatic N) is 4. The molecule has 4 rings (SSSR count). The molecule has 3 aromatic rings. The number of piperidine rings is 1. The summed E-state index contributed by atoms with van der Waals surface area (Å²) in [5, 5.41) is 2.93. The molecule has 6 nitrogen and oxygen atoms in total. The van der Waals surface area contributed by atoms with Gasteiger partial charge in [-0.15, -0.1) is 11.3 Å². The fraction of sp³-hybridized carbons (Fsp3) is 0.368. The van der Waals surface area contributed by atoms with Crippen LogP contribution < -0.4 is 10.2 Å². The number of carbonyl (C=O) groups excluding carboxylic acids is 1. The third kappa shape index (κ3) is 3.67. The van der Waals surface area contributed by atoms with E-state index in [9.17, 15) is 4.79 Å². The van der Waals surface area contributed by atoms with E-state index in [1.807, 2.05) is 25.1 Å². The maximum absolute atomic E-state index is 12.5. The number of hydrogen-bond donors (Lipinski definition) is 1. The number of thiazole rings is 1. The van der Waals surface area contributed by atoms with Gasteiger partial charge in [0.2, 0.25) is 0 Å². The summed E-state index contributed by atoms with van der Waals surface area (Å²) in [4.78, 5) is 28.1. The van der Waals surface area contributed by atoms with Crippen molar-refractivity contribution in [3.05, 3.63) is 46.9 Å². The van der Waals surface area contributed by atoms with Crippen LogP contribution in [-0.2, 0) is 6.54 Å². The quantitative estimate of drug-likeness (QED) is 0.766. The first kappa shape index (κ1) is 16.9. The summed E-state index contributed by atoms with van der Waals surface area (Å²) in [5.74, 6) is 1.50. The van der Waals surface area contributed by atoms with E-state index in [4.69, 9.17) is 0 Å². The van der Waals surface area contributed by atoms with Crippen LogP contribution in [-0.4, -0.2) is 33.9 Å². The highest BCUT2D eigenvalue weighted by atomic mass is 32.1. The Morgan fingerprint density at radius 3 is 2.88 bits per heavy atom. The third-order valence-electron chi connectivity index (χ3n) is 4.57. The Morgan fingerprint density at radius 2 is 2.04 bits per heavy atom. The van der Waals surface area contributed by atoms with Crippen LogP contribution in [0.3, 0.4) is 0 Å². The maximum atomic E-state index is 12.5. The van der Waals surface area contributed by atoms with Crippen molar-refractivity contribution in [2.75, 3.05) is 18.0 Å². The van der Waals surface area contributed by atoms with Crippen molar-refractivity contribution in [1.29, 1.82) is 0 Å². The molecule has 1 aliphatic heterocycles. The lowest BCUT2D eigenvalue weighted by molar-refractivity contribution is 0.0950. The third-order valence-corrected chi connectivity index (χ3v) is 5.36. The molecule has 1 saturated heterocycles. The summed E-state index contributed by atoms with van der Waals surface area (Å²) in [6, 6.07) is 7.57. The van der Waals surface area contributed by atoms with Crippen LogP contribution >= 0.6 is 11.3 Å². The standard InChI is InChI=1S/C19H21N5OS/c1-13-9-18(24-7-3-2-4-8-24)23-17(22-13)11-20-19(25)14-5-6-15-16(10-14)26-12-21-15/h5-6,9-10,12H,2-4,7-8,11H2,1H3,(H,20,25). The summed E-state index contributed by atoms with van der Waals surface area (Å²) in [6.45, 7) is 4.37. The monoisotopic (exact) mass is 367 g/mol. The number of carbonyl (C=O) groups is 1. The van der Waals surface area contributed by atoms with Gasteiger partial charge in [-0.1, -0.05) is 0 Å². The molecule has 0 unspecified atom stereocenters. The topological polar surface area (TPSA) is 71.0 Å². The van der Waals surface area contributed by atoms with E-state index in [1.54, 1.807) is 11.6 Å². The van der Waals surface area contributed by atoms with Gasteiger partial charge >= 0.3 is 0 Å². The van der Waals surface area contributed by atoms with Crippen molar-refractivity contribution >= 4 is 33.3 Å². The van der Waals surface area contributed by atoms with Crippen LogP contribution in [0.2, 0.25) is 0 Å². The summed E-state index contributed by atoms with van der Waals surface area (Å²) in [6.07, 6.45) is 3.69. The van der Waals surface area contributed by atoms with Gasteiger partial charge in [-0.2, -0.15) is 0 Å². The smallest absolute Gasteiger partial charge is 0.251 e. The fourth-order valence-corrected chi connectivity index (χ4v) is 3.95. The van der Waals surface area contributed by atoms with E-state index in [-0.39, 0.29) is 5.91 Å². The van der Waals surface area contributed by atoms with Gasteiger partial charge < -0.3 is 10.2 Å². The largest absolute Gasteiger partial charge is 0.357 e.